The van der Waals surface area contributed by atoms with Crippen LogP contribution < -0.4 is 11.1 Å². The molecular weight excluding hydrogens is 248 g/mol. The highest BCUT2D eigenvalue weighted by Gasteiger charge is 2.50. The van der Waals surface area contributed by atoms with Gasteiger partial charge < -0.3 is 24.3 Å². The van der Waals surface area contributed by atoms with Crippen molar-refractivity contribution in [1.29, 1.82) is 0 Å². The van der Waals surface area contributed by atoms with Gasteiger partial charge in [-0.2, -0.15) is 0 Å². The average molecular weight is 278 g/mol. The molecule has 110 valence electrons. The van der Waals surface area contributed by atoms with Gasteiger partial charge in [0.1, 0.15) is 0 Å². The standard InChI is InChI=1S/C12H30N2O3Si/c1-6-15-18(16-7-2,17-8-3)12(11(4)5)14-10-9-13/h11-12,14H,6-10,13H2,1-5H3. The van der Waals surface area contributed by atoms with Crippen molar-refractivity contribution in [1.82, 2.24) is 5.32 Å². The third-order valence-corrected chi connectivity index (χ3v) is 6.30. The summed E-state index contributed by atoms with van der Waals surface area (Å²) in [5, 5.41) is 3.43. The maximum atomic E-state index is 5.92. The first kappa shape index (κ1) is 18.0. The van der Waals surface area contributed by atoms with E-state index in [0.29, 0.717) is 32.3 Å². The van der Waals surface area contributed by atoms with Crippen LogP contribution >= 0.6 is 0 Å². The summed E-state index contributed by atoms with van der Waals surface area (Å²) in [6, 6.07) is 0. The molecule has 0 aromatic heterocycles. The lowest BCUT2D eigenvalue weighted by Crippen LogP contribution is -2.64. The van der Waals surface area contributed by atoms with Gasteiger partial charge in [0.25, 0.3) is 0 Å². The van der Waals surface area contributed by atoms with Gasteiger partial charge in [0, 0.05) is 32.9 Å². The largest absolute Gasteiger partial charge is 0.519 e. The van der Waals surface area contributed by atoms with Gasteiger partial charge in [-0.1, -0.05) is 13.8 Å². The Labute approximate surface area is 113 Å². The number of hydrogen-bond acceptors (Lipinski definition) is 5. The number of hydrogen-bond donors (Lipinski definition) is 2. The van der Waals surface area contributed by atoms with Crippen LogP contribution in [0.25, 0.3) is 0 Å². The first-order chi connectivity index (χ1) is 8.57. The van der Waals surface area contributed by atoms with E-state index in [1.165, 1.54) is 0 Å². The van der Waals surface area contributed by atoms with E-state index in [0.717, 1.165) is 6.54 Å². The predicted octanol–water partition coefficient (Wildman–Crippen LogP) is 1.15. The lowest BCUT2D eigenvalue weighted by molar-refractivity contribution is 0.0522. The van der Waals surface area contributed by atoms with E-state index in [1.807, 2.05) is 20.8 Å². The molecule has 3 N–H and O–H groups in total. The Morgan fingerprint density at radius 1 is 1.00 bits per heavy atom. The van der Waals surface area contributed by atoms with Gasteiger partial charge in [-0.15, -0.1) is 0 Å². The van der Waals surface area contributed by atoms with E-state index >= 15 is 0 Å². The Balaban J connectivity index is 5.01. The van der Waals surface area contributed by atoms with E-state index < -0.39 is 8.80 Å². The molecule has 0 heterocycles. The molecule has 0 aliphatic rings. The minimum Gasteiger partial charge on any atom is -0.373 e. The van der Waals surface area contributed by atoms with E-state index in [-0.39, 0.29) is 5.67 Å². The molecule has 0 aliphatic carbocycles. The Morgan fingerprint density at radius 2 is 1.44 bits per heavy atom. The third-order valence-electron chi connectivity index (χ3n) is 2.59. The quantitative estimate of drug-likeness (QED) is 0.555. The van der Waals surface area contributed by atoms with Crippen molar-refractivity contribution >= 4 is 8.80 Å². The van der Waals surface area contributed by atoms with Crippen LogP contribution in [0.4, 0.5) is 0 Å². The van der Waals surface area contributed by atoms with Gasteiger partial charge in [0.2, 0.25) is 0 Å². The van der Waals surface area contributed by atoms with Crippen molar-refractivity contribution in [3.05, 3.63) is 0 Å². The molecule has 0 aliphatic heterocycles. The minimum atomic E-state index is -2.69. The first-order valence-electron chi connectivity index (χ1n) is 6.93. The third kappa shape index (κ3) is 5.34. The maximum Gasteiger partial charge on any atom is 0.519 e. The zero-order valence-corrected chi connectivity index (χ0v) is 13.5. The summed E-state index contributed by atoms with van der Waals surface area (Å²) in [7, 11) is -2.69. The Morgan fingerprint density at radius 3 is 1.72 bits per heavy atom. The normalized spacial score (nSPS) is 14.2. The maximum absolute atomic E-state index is 5.92. The molecule has 0 saturated heterocycles. The molecular formula is C12H30N2O3Si. The molecule has 0 radical (unpaired) electrons. The highest BCUT2D eigenvalue weighted by atomic mass is 28.4. The molecule has 1 unspecified atom stereocenters. The Hall–Kier alpha value is 0.0169. The van der Waals surface area contributed by atoms with Crippen molar-refractivity contribution in [2.24, 2.45) is 11.7 Å². The van der Waals surface area contributed by atoms with E-state index in [1.54, 1.807) is 0 Å². The summed E-state index contributed by atoms with van der Waals surface area (Å²) >= 11 is 0. The Bertz CT molecular complexity index is 189. The monoisotopic (exact) mass is 278 g/mol. The SMILES string of the molecule is CCO[Si](OCC)(OCC)C(NCCN)C(C)C. The summed E-state index contributed by atoms with van der Waals surface area (Å²) in [5.74, 6) is 0.368. The van der Waals surface area contributed by atoms with Gasteiger partial charge in [-0.05, 0) is 26.7 Å². The fourth-order valence-electron chi connectivity index (χ4n) is 2.01. The summed E-state index contributed by atoms with van der Waals surface area (Å²) in [6.45, 7) is 13.3. The minimum absolute atomic E-state index is 0.0842. The molecule has 0 amide bonds. The topological polar surface area (TPSA) is 65.7 Å². The molecule has 1 atom stereocenters. The van der Waals surface area contributed by atoms with E-state index in [9.17, 15) is 0 Å². The Kier molecular flexibility index (Phi) is 9.89. The van der Waals surface area contributed by atoms with Gasteiger partial charge in [-0.25, -0.2) is 0 Å². The second-order valence-electron chi connectivity index (χ2n) is 4.37. The molecule has 5 nitrogen and oxygen atoms in total. The zero-order chi connectivity index (χ0) is 14.0. The highest BCUT2D eigenvalue weighted by molar-refractivity contribution is 6.62. The molecule has 0 fully saturated rings. The van der Waals surface area contributed by atoms with Crippen LogP contribution in [-0.2, 0) is 13.3 Å². The fourth-order valence-corrected chi connectivity index (χ4v) is 5.21. The van der Waals surface area contributed by atoms with E-state index in [4.69, 9.17) is 19.0 Å². The predicted molar refractivity (Wildman–Crippen MR) is 76.3 cm³/mol. The van der Waals surface area contributed by atoms with Crippen LogP contribution in [0.3, 0.4) is 0 Å². The summed E-state index contributed by atoms with van der Waals surface area (Å²) in [4.78, 5) is 0. The van der Waals surface area contributed by atoms with Crippen LogP contribution in [0.1, 0.15) is 34.6 Å². The molecule has 0 aromatic rings. The smallest absolute Gasteiger partial charge is 0.373 e. The average Bonchev–Trinajstić information content (AvgIpc) is 2.30. The van der Waals surface area contributed by atoms with Crippen molar-refractivity contribution in [2.75, 3.05) is 32.9 Å². The van der Waals surface area contributed by atoms with Crippen molar-refractivity contribution < 1.29 is 13.3 Å². The number of nitrogens with one attached hydrogen (secondary N) is 1. The van der Waals surface area contributed by atoms with Gasteiger partial charge >= 0.3 is 8.80 Å². The van der Waals surface area contributed by atoms with Crippen LogP contribution in [0.5, 0.6) is 0 Å². The molecule has 0 bridgehead atoms. The van der Waals surface area contributed by atoms with Crippen molar-refractivity contribution in [3.8, 4) is 0 Å². The lowest BCUT2D eigenvalue weighted by Gasteiger charge is -2.37. The van der Waals surface area contributed by atoms with Gasteiger partial charge in [-0.3, -0.25) is 0 Å². The zero-order valence-electron chi connectivity index (χ0n) is 12.5. The molecule has 0 spiro atoms. The molecule has 6 heteroatoms. The summed E-state index contributed by atoms with van der Waals surface area (Å²) in [6.07, 6.45) is 0. The summed E-state index contributed by atoms with van der Waals surface area (Å²) in [5.41, 5.74) is 5.66. The van der Waals surface area contributed by atoms with Gasteiger partial charge in [0.05, 0.1) is 5.67 Å². The van der Waals surface area contributed by atoms with Crippen molar-refractivity contribution in [3.63, 3.8) is 0 Å². The summed E-state index contributed by atoms with van der Waals surface area (Å²) < 4.78 is 17.8. The second kappa shape index (κ2) is 9.88. The fraction of sp³-hybridized carbons (Fsp3) is 1.00. The van der Waals surface area contributed by atoms with Crippen LogP contribution in [-0.4, -0.2) is 47.4 Å². The van der Waals surface area contributed by atoms with Crippen LogP contribution in [0.2, 0.25) is 0 Å². The highest BCUT2D eigenvalue weighted by Crippen LogP contribution is 2.21. The second-order valence-corrected chi connectivity index (χ2v) is 7.06. The van der Waals surface area contributed by atoms with Crippen LogP contribution in [0.15, 0.2) is 0 Å². The molecule has 0 rings (SSSR count). The first-order valence-corrected chi connectivity index (χ1v) is 8.73. The van der Waals surface area contributed by atoms with Crippen molar-refractivity contribution in [2.45, 2.75) is 40.3 Å². The lowest BCUT2D eigenvalue weighted by atomic mass is 10.2. The molecule has 0 saturated carbocycles. The molecule has 18 heavy (non-hydrogen) atoms. The number of rotatable bonds is 11. The number of nitrogens with two attached hydrogens (primary N) is 1. The van der Waals surface area contributed by atoms with E-state index in [2.05, 4.69) is 19.2 Å². The molecule has 0 aromatic carbocycles. The van der Waals surface area contributed by atoms with Crippen LogP contribution in [0, 0.1) is 5.92 Å². The van der Waals surface area contributed by atoms with Gasteiger partial charge in [0.15, 0.2) is 0 Å².